The van der Waals surface area contributed by atoms with Crippen molar-refractivity contribution < 1.29 is 14.3 Å². The first kappa shape index (κ1) is 18.5. The molecule has 0 bridgehead atoms. The lowest BCUT2D eigenvalue weighted by Crippen LogP contribution is -2.41. The van der Waals surface area contributed by atoms with E-state index in [0.29, 0.717) is 17.9 Å². The van der Waals surface area contributed by atoms with Crippen molar-refractivity contribution in [1.82, 2.24) is 0 Å². The van der Waals surface area contributed by atoms with Gasteiger partial charge < -0.3 is 9.64 Å². The maximum atomic E-state index is 12.4. The fourth-order valence-corrected chi connectivity index (χ4v) is 3.27. The lowest BCUT2D eigenvalue weighted by molar-refractivity contribution is -0.153. The van der Waals surface area contributed by atoms with Crippen LogP contribution in [0.3, 0.4) is 0 Å². The molecule has 0 aromatic heterocycles. The Kier molecular flexibility index (Phi) is 5.05. The third-order valence-electron chi connectivity index (χ3n) is 4.14. The number of benzene rings is 2. The summed E-state index contributed by atoms with van der Waals surface area (Å²) < 4.78 is 5.36. The summed E-state index contributed by atoms with van der Waals surface area (Å²) in [4.78, 5) is 26.1. The van der Waals surface area contributed by atoms with Crippen LogP contribution in [0, 0.1) is 0 Å². The minimum atomic E-state index is -0.574. The van der Waals surface area contributed by atoms with Crippen LogP contribution in [0.15, 0.2) is 42.5 Å². The lowest BCUT2D eigenvalue weighted by atomic mass is 9.96. The highest BCUT2D eigenvalue weighted by Crippen LogP contribution is 2.33. The van der Waals surface area contributed by atoms with Crippen LogP contribution >= 0.6 is 11.6 Å². The predicted octanol–water partition coefficient (Wildman–Crippen LogP) is 4.63. The maximum Gasteiger partial charge on any atom is 0.326 e. The third-order valence-corrected chi connectivity index (χ3v) is 4.38. The second kappa shape index (κ2) is 7.12. The van der Waals surface area contributed by atoms with Gasteiger partial charge in [-0.1, -0.05) is 29.8 Å². The summed E-state index contributed by atoms with van der Waals surface area (Å²) in [5.74, 6) is -0.462. The van der Waals surface area contributed by atoms with Gasteiger partial charge >= 0.3 is 5.97 Å². The van der Waals surface area contributed by atoms with Gasteiger partial charge in [0.05, 0.1) is 0 Å². The van der Waals surface area contributed by atoms with Gasteiger partial charge in [-0.25, -0.2) is 0 Å². The number of amides is 1. The fourth-order valence-electron chi connectivity index (χ4n) is 3.08. The summed E-state index contributed by atoms with van der Waals surface area (Å²) in [7, 11) is 0. The molecule has 5 heteroatoms. The van der Waals surface area contributed by atoms with Crippen molar-refractivity contribution in [1.29, 1.82) is 0 Å². The number of nitrogens with zero attached hydrogens (tertiary/aromatic N) is 1. The first-order chi connectivity index (χ1) is 12.2. The number of hydrogen-bond acceptors (Lipinski definition) is 3. The van der Waals surface area contributed by atoms with E-state index in [0.717, 1.165) is 22.4 Å². The van der Waals surface area contributed by atoms with Gasteiger partial charge in [0.25, 0.3) is 0 Å². The molecule has 2 aromatic carbocycles. The molecule has 2 aromatic rings. The van der Waals surface area contributed by atoms with Crippen molar-refractivity contribution in [3.8, 4) is 11.1 Å². The maximum absolute atomic E-state index is 12.4. The smallest absolute Gasteiger partial charge is 0.326 e. The summed E-state index contributed by atoms with van der Waals surface area (Å²) in [5, 5.41) is 0.682. The Morgan fingerprint density at radius 2 is 1.85 bits per heavy atom. The van der Waals surface area contributed by atoms with Crippen LogP contribution in [0.1, 0.15) is 32.8 Å². The second-order valence-electron chi connectivity index (χ2n) is 7.42. The van der Waals surface area contributed by atoms with Gasteiger partial charge in [-0.3, -0.25) is 9.59 Å². The minimum Gasteiger partial charge on any atom is -0.459 e. The number of hydrogen-bond donors (Lipinski definition) is 0. The Morgan fingerprint density at radius 1 is 1.12 bits per heavy atom. The molecule has 0 saturated carbocycles. The first-order valence-corrected chi connectivity index (χ1v) is 9.02. The summed E-state index contributed by atoms with van der Waals surface area (Å²) in [5.41, 5.74) is 3.31. The van der Waals surface area contributed by atoms with E-state index in [1.807, 2.05) is 57.2 Å². The molecule has 136 valence electrons. The number of carbonyl (C=O) groups excluding carboxylic acids is 2. The van der Waals surface area contributed by atoms with Crippen LogP contribution < -0.4 is 4.90 Å². The van der Waals surface area contributed by atoms with Crippen molar-refractivity contribution in [2.24, 2.45) is 0 Å². The van der Waals surface area contributed by atoms with Crippen LogP contribution in [0.25, 0.3) is 11.1 Å². The number of halogens is 1. The SMILES string of the molecule is CC(C)(C)OC(=O)CN1C(=O)CCc2cc(-c3cccc(Cl)c3)ccc21. The summed E-state index contributed by atoms with van der Waals surface area (Å²) in [6.07, 6.45) is 1.04. The molecule has 0 N–H and O–H groups in total. The standard InChI is InChI=1S/C21H22ClNO3/c1-21(2,3)26-20(25)13-23-18-9-7-15(11-16(18)8-10-19(23)24)14-5-4-6-17(22)12-14/h4-7,9,11-12H,8,10,13H2,1-3H3. The van der Waals surface area contributed by atoms with E-state index in [9.17, 15) is 9.59 Å². The van der Waals surface area contributed by atoms with Crippen molar-refractivity contribution in [2.75, 3.05) is 11.4 Å². The van der Waals surface area contributed by atoms with Gasteiger partial charge in [0, 0.05) is 17.1 Å². The van der Waals surface area contributed by atoms with Crippen molar-refractivity contribution in [3.05, 3.63) is 53.1 Å². The Bertz CT molecular complexity index is 855. The number of ether oxygens (including phenoxy) is 1. The molecule has 4 nitrogen and oxygen atoms in total. The fraction of sp³-hybridized carbons (Fsp3) is 0.333. The molecule has 0 aliphatic carbocycles. The number of esters is 1. The third kappa shape index (κ3) is 4.25. The molecule has 0 atom stereocenters. The van der Waals surface area contributed by atoms with E-state index in [-0.39, 0.29) is 12.5 Å². The highest BCUT2D eigenvalue weighted by molar-refractivity contribution is 6.30. The van der Waals surface area contributed by atoms with Gasteiger partial charge in [-0.15, -0.1) is 0 Å². The Labute approximate surface area is 158 Å². The molecule has 1 heterocycles. The van der Waals surface area contributed by atoms with Gasteiger partial charge in [0.15, 0.2) is 0 Å². The Hall–Kier alpha value is -2.33. The number of aryl methyl sites for hydroxylation is 1. The lowest BCUT2D eigenvalue weighted by Gasteiger charge is -2.30. The van der Waals surface area contributed by atoms with Gasteiger partial charge in [-0.05, 0) is 68.1 Å². The van der Waals surface area contributed by atoms with E-state index in [4.69, 9.17) is 16.3 Å². The van der Waals surface area contributed by atoms with E-state index >= 15 is 0 Å². The molecule has 1 aliphatic rings. The zero-order valence-corrected chi connectivity index (χ0v) is 16.0. The average Bonchev–Trinajstić information content (AvgIpc) is 2.55. The van der Waals surface area contributed by atoms with E-state index < -0.39 is 11.6 Å². The molecular weight excluding hydrogens is 350 g/mol. The normalized spacial score (nSPS) is 14.2. The molecular formula is C21H22ClNO3. The summed E-state index contributed by atoms with van der Waals surface area (Å²) >= 11 is 6.09. The minimum absolute atomic E-state index is 0.0566. The van der Waals surface area contributed by atoms with Crippen LogP contribution in [0.2, 0.25) is 5.02 Å². The van der Waals surface area contributed by atoms with Crippen LogP contribution in [0.4, 0.5) is 5.69 Å². The molecule has 0 saturated heterocycles. The zero-order chi connectivity index (χ0) is 18.9. The van der Waals surface area contributed by atoms with Crippen LogP contribution in [0.5, 0.6) is 0 Å². The van der Waals surface area contributed by atoms with Gasteiger partial charge in [0.2, 0.25) is 5.91 Å². The average molecular weight is 372 g/mol. The number of anilines is 1. The molecule has 0 fully saturated rings. The molecule has 1 aliphatic heterocycles. The van der Waals surface area contributed by atoms with Crippen molar-refractivity contribution >= 4 is 29.2 Å². The van der Waals surface area contributed by atoms with Crippen molar-refractivity contribution in [2.45, 2.75) is 39.2 Å². The largest absolute Gasteiger partial charge is 0.459 e. The Balaban J connectivity index is 1.88. The van der Waals surface area contributed by atoms with Gasteiger partial charge in [0.1, 0.15) is 12.1 Å². The molecule has 3 rings (SSSR count). The monoisotopic (exact) mass is 371 g/mol. The first-order valence-electron chi connectivity index (χ1n) is 8.64. The van der Waals surface area contributed by atoms with E-state index in [1.165, 1.54) is 4.90 Å². The molecule has 1 amide bonds. The van der Waals surface area contributed by atoms with E-state index in [2.05, 4.69) is 6.07 Å². The second-order valence-corrected chi connectivity index (χ2v) is 7.86. The summed E-state index contributed by atoms with van der Waals surface area (Å²) in [6, 6.07) is 13.6. The quantitative estimate of drug-likeness (QED) is 0.739. The summed E-state index contributed by atoms with van der Waals surface area (Å²) in [6.45, 7) is 5.37. The molecule has 0 spiro atoms. The molecule has 0 radical (unpaired) electrons. The zero-order valence-electron chi connectivity index (χ0n) is 15.2. The highest BCUT2D eigenvalue weighted by atomic mass is 35.5. The van der Waals surface area contributed by atoms with Crippen LogP contribution in [-0.2, 0) is 20.7 Å². The van der Waals surface area contributed by atoms with Gasteiger partial charge in [-0.2, -0.15) is 0 Å². The Morgan fingerprint density at radius 3 is 2.54 bits per heavy atom. The predicted molar refractivity (Wildman–Crippen MR) is 103 cm³/mol. The van der Waals surface area contributed by atoms with Crippen molar-refractivity contribution in [3.63, 3.8) is 0 Å². The molecule has 0 unspecified atom stereocenters. The topological polar surface area (TPSA) is 46.6 Å². The van der Waals surface area contributed by atoms with Crippen LogP contribution in [-0.4, -0.2) is 24.0 Å². The van der Waals surface area contributed by atoms with E-state index in [1.54, 1.807) is 0 Å². The number of carbonyl (C=O) groups is 2. The highest BCUT2D eigenvalue weighted by Gasteiger charge is 2.28. The molecule has 26 heavy (non-hydrogen) atoms. The number of rotatable bonds is 3. The number of fused-ring (bicyclic) bond motifs is 1.